The predicted octanol–water partition coefficient (Wildman–Crippen LogP) is 6.10. The van der Waals surface area contributed by atoms with Gasteiger partial charge in [0.25, 0.3) is 0 Å². The summed E-state index contributed by atoms with van der Waals surface area (Å²) in [5, 5.41) is 0. The molecule has 214 valence electrons. The molecule has 0 N–H and O–H groups in total. The van der Waals surface area contributed by atoms with Gasteiger partial charge in [-0.05, 0) is 90.4 Å². The van der Waals surface area contributed by atoms with Crippen LogP contribution in [0.4, 0.5) is 0 Å². The fraction of sp³-hybridized carbons (Fsp3) is 0.242. The third kappa shape index (κ3) is 8.59. The third-order valence-corrected chi connectivity index (χ3v) is 7.75. The lowest BCUT2D eigenvalue weighted by Gasteiger charge is -2.14. The van der Waals surface area contributed by atoms with E-state index in [1.165, 1.54) is 44.6 Å². The number of ketones is 1. The molecule has 0 saturated carbocycles. The summed E-state index contributed by atoms with van der Waals surface area (Å²) in [5.41, 5.74) is 5.07. The minimum absolute atomic E-state index is 0.0597. The Bertz CT molecular complexity index is 1600. The molecule has 0 fully saturated rings. The van der Waals surface area contributed by atoms with Crippen LogP contribution in [0, 0.1) is 12.8 Å². The minimum Gasteiger partial charge on any atom is -0.465 e. The van der Waals surface area contributed by atoms with Gasteiger partial charge in [-0.25, -0.2) is 18.0 Å². The molecule has 0 aliphatic heterocycles. The predicted molar refractivity (Wildman–Crippen MR) is 159 cm³/mol. The van der Waals surface area contributed by atoms with Crippen molar-refractivity contribution in [3.63, 3.8) is 0 Å². The second kappa shape index (κ2) is 13.4. The summed E-state index contributed by atoms with van der Waals surface area (Å²) >= 11 is 0. The van der Waals surface area contributed by atoms with Crippen molar-refractivity contribution in [2.75, 3.05) is 13.4 Å². The molecule has 0 aliphatic rings. The zero-order valence-corrected chi connectivity index (χ0v) is 24.7. The van der Waals surface area contributed by atoms with Crippen molar-refractivity contribution in [1.82, 2.24) is 0 Å². The van der Waals surface area contributed by atoms with Crippen LogP contribution in [0.5, 0.6) is 5.75 Å². The Balaban J connectivity index is 1.67. The van der Waals surface area contributed by atoms with Gasteiger partial charge < -0.3 is 9.47 Å². The van der Waals surface area contributed by atoms with E-state index in [0.29, 0.717) is 24.0 Å². The topological polar surface area (TPSA) is 104 Å². The maximum atomic E-state index is 12.6. The standard InChI is InChI=1S/C33H34O7S/c1-21(17-23(3)32(35)40-30-13-9-26(10-14-30)33(36)39-5)18-29(24(4)34)20-27-7-8-28(19-22(27)2)25-11-15-31(16-12-25)41(6,37)38/h7-16,18-19,21H,3,17,20H2,1-2,4-6H3/b29-18-/t21-/m0/s1. The normalized spacial score (nSPS) is 12.4. The Hall–Kier alpha value is -4.30. The number of sulfone groups is 1. The zero-order chi connectivity index (χ0) is 30.3. The highest BCUT2D eigenvalue weighted by Crippen LogP contribution is 2.26. The molecule has 3 rings (SSSR count). The van der Waals surface area contributed by atoms with E-state index in [0.717, 1.165) is 22.3 Å². The molecule has 0 saturated heterocycles. The third-order valence-electron chi connectivity index (χ3n) is 6.62. The summed E-state index contributed by atoms with van der Waals surface area (Å²) in [7, 11) is -1.98. The molecule has 0 aliphatic carbocycles. The van der Waals surface area contributed by atoms with Crippen molar-refractivity contribution in [3.05, 3.63) is 107 Å². The first-order valence-corrected chi connectivity index (χ1v) is 14.9. The first kappa shape index (κ1) is 31.2. The van der Waals surface area contributed by atoms with E-state index in [9.17, 15) is 22.8 Å². The first-order chi connectivity index (χ1) is 19.3. The lowest BCUT2D eigenvalue weighted by atomic mass is 9.92. The number of rotatable bonds is 11. The fourth-order valence-corrected chi connectivity index (χ4v) is 4.94. The number of aryl methyl sites for hydroxylation is 1. The quantitative estimate of drug-likeness (QED) is 0.155. The second-order valence-corrected chi connectivity index (χ2v) is 12.1. The second-order valence-electron chi connectivity index (χ2n) is 10.1. The molecule has 0 unspecified atom stereocenters. The molecule has 0 radical (unpaired) electrons. The van der Waals surface area contributed by atoms with Crippen LogP contribution < -0.4 is 4.74 Å². The number of benzene rings is 3. The lowest BCUT2D eigenvalue weighted by molar-refractivity contribution is -0.130. The molecule has 0 bridgehead atoms. The van der Waals surface area contributed by atoms with E-state index < -0.39 is 21.8 Å². The number of carbonyl (C=O) groups is 3. The molecular weight excluding hydrogens is 540 g/mol. The van der Waals surface area contributed by atoms with E-state index in [1.807, 2.05) is 38.1 Å². The van der Waals surface area contributed by atoms with Crippen molar-refractivity contribution in [2.45, 2.75) is 38.5 Å². The van der Waals surface area contributed by atoms with Gasteiger partial charge in [0.15, 0.2) is 15.6 Å². The lowest BCUT2D eigenvalue weighted by Crippen LogP contribution is -2.13. The molecule has 41 heavy (non-hydrogen) atoms. The van der Waals surface area contributed by atoms with Crippen LogP contribution >= 0.6 is 0 Å². The van der Waals surface area contributed by atoms with Gasteiger partial charge in [-0.15, -0.1) is 0 Å². The molecule has 0 heterocycles. The summed E-state index contributed by atoms with van der Waals surface area (Å²) < 4.78 is 33.5. The largest absolute Gasteiger partial charge is 0.465 e. The smallest absolute Gasteiger partial charge is 0.338 e. The molecule has 0 spiro atoms. The van der Waals surface area contributed by atoms with Crippen LogP contribution in [-0.2, 0) is 30.6 Å². The molecule has 7 nitrogen and oxygen atoms in total. The van der Waals surface area contributed by atoms with Gasteiger partial charge in [0.2, 0.25) is 0 Å². The van der Waals surface area contributed by atoms with E-state index in [2.05, 4.69) is 11.3 Å². The molecule has 0 amide bonds. The van der Waals surface area contributed by atoms with E-state index in [-0.39, 0.29) is 27.9 Å². The van der Waals surface area contributed by atoms with Gasteiger partial charge in [-0.1, -0.05) is 49.9 Å². The average molecular weight is 575 g/mol. The number of Topliss-reactive ketones (excluding diaryl/α,β-unsaturated/α-hetero) is 1. The van der Waals surface area contributed by atoms with Crippen molar-refractivity contribution in [3.8, 4) is 16.9 Å². The van der Waals surface area contributed by atoms with Crippen molar-refractivity contribution < 1.29 is 32.3 Å². The van der Waals surface area contributed by atoms with Gasteiger partial charge >= 0.3 is 11.9 Å². The van der Waals surface area contributed by atoms with Crippen molar-refractivity contribution in [2.24, 2.45) is 5.92 Å². The Morgan fingerprint density at radius 1 is 0.951 bits per heavy atom. The van der Waals surface area contributed by atoms with Gasteiger partial charge in [-0.2, -0.15) is 0 Å². The van der Waals surface area contributed by atoms with Crippen LogP contribution in [-0.4, -0.2) is 39.5 Å². The minimum atomic E-state index is -3.26. The number of hydrogen-bond donors (Lipinski definition) is 0. The van der Waals surface area contributed by atoms with E-state index >= 15 is 0 Å². The Labute approximate surface area is 241 Å². The Morgan fingerprint density at radius 3 is 2.10 bits per heavy atom. The fourth-order valence-electron chi connectivity index (χ4n) is 4.30. The highest BCUT2D eigenvalue weighted by Gasteiger charge is 2.16. The number of methoxy groups -OCH3 is 1. The number of allylic oxidation sites excluding steroid dienone is 2. The van der Waals surface area contributed by atoms with E-state index in [1.54, 1.807) is 24.3 Å². The maximum absolute atomic E-state index is 12.6. The SMILES string of the molecule is C=C(C[C@H](C)/C=C(/Cc1ccc(-c2ccc(S(C)(=O)=O)cc2)cc1C)C(C)=O)C(=O)Oc1ccc(C(=O)OC)cc1. The summed E-state index contributed by atoms with van der Waals surface area (Å²) in [6, 6.07) is 18.7. The van der Waals surface area contributed by atoms with Gasteiger partial charge in [0, 0.05) is 18.2 Å². The summed E-state index contributed by atoms with van der Waals surface area (Å²) in [6.45, 7) is 9.26. The van der Waals surface area contributed by atoms with Crippen molar-refractivity contribution >= 4 is 27.6 Å². The molecule has 0 aromatic heterocycles. The van der Waals surface area contributed by atoms with Crippen LogP contribution in [0.15, 0.2) is 95.4 Å². The summed E-state index contributed by atoms with van der Waals surface area (Å²) in [6.07, 6.45) is 3.78. The monoisotopic (exact) mass is 574 g/mol. The van der Waals surface area contributed by atoms with Gasteiger partial charge in [0.05, 0.1) is 17.6 Å². The Morgan fingerprint density at radius 2 is 1.56 bits per heavy atom. The highest BCUT2D eigenvalue weighted by atomic mass is 32.2. The van der Waals surface area contributed by atoms with Crippen LogP contribution in [0.25, 0.3) is 11.1 Å². The number of esters is 2. The molecular formula is C33H34O7S. The molecule has 8 heteroatoms. The first-order valence-electron chi connectivity index (χ1n) is 13.0. The summed E-state index contributed by atoms with van der Waals surface area (Å²) in [4.78, 5) is 36.9. The number of carbonyl (C=O) groups excluding carboxylic acids is 3. The van der Waals surface area contributed by atoms with Crippen LogP contribution in [0.3, 0.4) is 0 Å². The molecule has 3 aromatic rings. The highest BCUT2D eigenvalue weighted by molar-refractivity contribution is 7.90. The molecule has 1 atom stereocenters. The zero-order valence-electron chi connectivity index (χ0n) is 23.9. The molecule has 3 aromatic carbocycles. The average Bonchev–Trinajstić information content (AvgIpc) is 2.93. The number of ether oxygens (including phenoxy) is 2. The van der Waals surface area contributed by atoms with E-state index in [4.69, 9.17) is 4.74 Å². The van der Waals surface area contributed by atoms with Gasteiger partial charge in [0.1, 0.15) is 5.75 Å². The number of hydrogen-bond acceptors (Lipinski definition) is 7. The maximum Gasteiger partial charge on any atom is 0.338 e. The Kier molecular flexibility index (Phi) is 10.2. The van der Waals surface area contributed by atoms with Crippen LogP contribution in [0.1, 0.15) is 41.8 Å². The van der Waals surface area contributed by atoms with Crippen LogP contribution in [0.2, 0.25) is 0 Å². The van der Waals surface area contributed by atoms with Crippen molar-refractivity contribution in [1.29, 1.82) is 0 Å². The summed E-state index contributed by atoms with van der Waals surface area (Å²) in [5.74, 6) is -1.00. The van der Waals surface area contributed by atoms with Gasteiger partial charge in [-0.3, -0.25) is 4.79 Å².